The van der Waals surface area contributed by atoms with Gasteiger partial charge in [0.1, 0.15) is 23.7 Å². The molecule has 0 aromatic heterocycles. The molecule has 4 heteroatoms. The van der Waals surface area contributed by atoms with Crippen molar-refractivity contribution in [3.8, 4) is 11.5 Å². The smallest absolute Gasteiger partial charge is 0.339 e. The maximum atomic E-state index is 11.2. The molecule has 0 saturated heterocycles. The van der Waals surface area contributed by atoms with E-state index in [1.54, 1.807) is 30.3 Å². The maximum absolute atomic E-state index is 11.2. The molecule has 0 atom stereocenters. The first-order chi connectivity index (χ1) is 9.63. The molecule has 0 fully saturated rings. The van der Waals surface area contributed by atoms with Crippen LogP contribution in [0.3, 0.4) is 0 Å². The molecule has 0 saturated carbocycles. The molecular weight excluding hydrogens is 256 g/mol. The van der Waals surface area contributed by atoms with Gasteiger partial charge in [-0.05, 0) is 24.1 Å². The Hall–Kier alpha value is -2.49. The van der Waals surface area contributed by atoms with Crippen LogP contribution in [-0.2, 0) is 13.0 Å². The number of rotatable bonds is 5. The molecule has 2 rings (SSSR count). The Morgan fingerprint density at radius 2 is 1.80 bits per heavy atom. The predicted octanol–water partition coefficient (Wildman–Crippen LogP) is 3.23. The fourth-order valence-electron chi connectivity index (χ4n) is 1.98. The SMILES string of the molecule is CCc1cccc(C(=O)O)c1OCc1ccccc1O. The average Bonchev–Trinajstić information content (AvgIpc) is 2.46. The lowest BCUT2D eigenvalue weighted by atomic mass is 10.1. The number of hydrogen-bond donors (Lipinski definition) is 2. The van der Waals surface area contributed by atoms with Crippen LogP contribution in [-0.4, -0.2) is 16.2 Å². The molecule has 0 aliphatic carbocycles. The number of ether oxygens (including phenoxy) is 1. The van der Waals surface area contributed by atoms with Crippen LogP contribution in [0, 0.1) is 0 Å². The van der Waals surface area contributed by atoms with Gasteiger partial charge in [-0.15, -0.1) is 0 Å². The van der Waals surface area contributed by atoms with Gasteiger partial charge in [-0.25, -0.2) is 4.79 Å². The number of para-hydroxylation sites is 2. The number of aromatic carboxylic acids is 1. The van der Waals surface area contributed by atoms with Gasteiger partial charge in [0.05, 0.1) is 0 Å². The molecule has 2 aromatic rings. The second kappa shape index (κ2) is 6.10. The second-order valence-electron chi connectivity index (χ2n) is 4.37. The number of benzene rings is 2. The summed E-state index contributed by atoms with van der Waals surface area (Å²) in [6, 6.07) is 11.9. The molecule has 0 spiro atoms. The Kier molecular flexibility index (Phi) is 4.25. The van der Waals surface area contributed by atoms with Crippen LogP contribution in [0.15, 0.2) is 42.5 Å². The van der Waals surface area contributed by atoms with E-state index in [-0.39, 0.29) is 17.9 Å². The zero-order valence-electron chi connectivity index (χ0n) is 11.2. The first-order valence-electron chi connectivity index (χ1n) is 6.38. The van der Waals surface area contributed by atoms with Crippen LogP contribution in [0.2, 0.25) is 0 Å². The molecule has 4 nitrogen and oxygen atoms in total. The topological polar surface area (TPSA) is 66.8 Å². The quantitative estimate of drug-likeness (QED) is 0.877. The summed E-state index contributed by atoms with van der Waals surface area (Å²) in [4.78, 5) is 11.2. The van der Waals surface area contributed by atoms with Crippen molar-refractivity contribution in [1.82, 2.24) is 0 Å². The summed E-state index contributed by atoms with van der Waals surface area (Å²) in [7, 11) is 0. The van der Waals surface area contributed by atoms with Gasteiger partial charge in [-0.3, -0.25) is 0 Å². The van der Waals surface area contributed by atoms with Gasteiger partial charge in [0.2, 0.25) is 0 Å². The number of phenols is 1. The standard InChI is InChI=1S/C16H16O4/c1-2-11-7-5-8-13(16(18)19)15(11)20-10-12-6-3-4-9-14(12)17/h3-9,17H,2,10H2,1H3,(H,18,19). The lowest BCUT2D eigenvalue weighted by Crippen LogP contribution is -2.06. The minimum absolute atomic E-state index is 0.129. The first kappa shape index (κ1) is 13.9. The molecular formula is C16H16O4. The second-order valence-corrected chi connectivity index (χ2v) is 4.37. The van der Waals surface area contributed by atoms with E-state index in [1.165, 1.54) is 6.07 Å². The zero-order valence-corrected chi connectivity index (χ0v) is 11.2. The van der Waals surface area contributed by atoms with Crippen molar-refractivity contribution < 1.29 is 19.7 Å². The Morgan fingerprint density at radius 1 is 1.10 bits per heavy atom. The summed E-state index contributed by atoms with van der Waals surface area (Å²) in [5.74, 6) is -0.517. The van der Waals surface area contributed by atoms with Crippen molar-refractivity contribution in [2.45, 2.75) is 20.0 Å². The van der Waals surface area contributed by atoms with E-state index < -0.39 is 5.97 Å². The number of carboxylic acids is 1. The number of hydrogen-bond acceptors (Lipinski definition) is 3. The van der Waals surface area contributed by atoms with E-state index in [2.05, 4.69) is 0 Å². The van der Waals surface area contributed by atoms with Crippen LogP contribution >= 0.6 is 0 Å². The van der Waals surface area contributed by atoms with Gasteiger partial charge in [-0.2, -0.15) is 0 Å². The summed E-state index contributed by atoms with van der Waals surface area (Å²) >= 11 is 0. The minimum Gasteiger partial charge on any atom is -0.508 e. The Labute approximate surface area is 117 Å². The van der Waals surface area contributed by atoms with E-state index in [1.807, 2.05) is 13.0 Å². The summed E-state index contributed by atoms with van der Waals surface area (Å²) < 4.78 is 5.65. The molecule has 20 heavy (non-hydrogen) atoms. The molecule has 0 unspecified atom stereocenters. The molecule has 0 bridgehead atoms. The van der Waals surface area contributed by atoms with Crippen molar-refractivity contribution in [2.24, 2.45) is 0 Å². The molecule has 0 aliphatic heterocycles. The van der Waals surface area contributed by atoms with E-state index in [0.29, 0.717) is 17.7 Å². The van der Waals surface area contributed by atoms with Crippen LogP contribution in [0.5, 0.6) is 11.5 Å². The lowest BCUT2D eigenvalue weighted by molar-refractivity contribution is 0.0691. The fraction of sp³-hybridized carbons (Fsp3) is 0.188. The van der Waals surface area contributed by atoms with Gasteiger partial charge in [0, 0.05) is 5.56 Å². The van der Waals surface area contributed by atoms with Crippen LogP contribution in [0.25, 0.3) is 0 Å². The zero-order chi connectivity index (χ0) is 14.5. The van der Waals surface area contributed by atoms with E-state index in [4.69, 9.17) is 4.74 Å². The number of carboxylic acid groups (broad SMARTS) is 1. The Balaban J connectivity index is 2.29. The molecule has 104 valence electrons. The summed E-state index contributed by atoms with van der Waals surface area (Å²) in [5.41, 5.74) is 1.59. The molecule has 0 radical (unpaired) electrons. The van der Waals surface area contributed by atoms with Crippen molar-refractivity contribution >= 4 is 5.97 Å². The highest BCUT2D eigenvalue weighted by Gasteiger charge is 2.15. The lowest BCUT2D eigenvalue weighted by Gasteiger charge is -2.13. The number of aryl methyl sites for hydroxylation is 1. The van der Waals surface area contributed by atoms with E-state index in [9.17, 15) is 15.0 Å². The summed E-state index contributed by atoms with van der Waals surface area (Å²) in [5, 5.41) is 18.9. The molecule has 2 aromatic carbocycles. The van der Waals surface area contributed by atoms with Gasteiger partial charge < -0.3 is 14.9 Å². The van der Waals surface area contributed by atoms with Crippen molar-refractivity contribution in [3.05, 3.63) is 59.2 Å². The van der Waals surface area contributed by atoms with Gasteiger partial charge >= 0.3 is 5.97 Å². The maximum Gasteiger partial charge on any atom is 0.339 e. The largest absolute Gasteiger partial charge is 0.508 e. The third-order valence-electron chi connectivity index (χ3n) is 3.07. The minimum atomic E-state index is -1.02. The van der Waals surface area contributed by atoms with Gasteiger partial charge in [-0.1, -0.05) is 37.3 Å². The fourth-order valence-corrected chi connectivity index (χ4v) is 1.98. The van der Waals surface area contributed by atoms with Crippen molar-refractivity contribution in [1.29, 1.82) is 0 Å². The van der Waals surface area contributed by atoms with Gasteiger partial charge in [0.25, 0.3) is 0 Å². The number of carbonyl (C=O) groups is 1. The third kappa shape index (κ3) is 2.91. The summed E-state index contributed by atoms with van der Waals surface area (Å²) in [6.07, 6.45) is 0.678. The number of aromatic hydroxyl groups is 1. The average molecular weight is 272 g/mol. The highest BCUT2D eigenvalue weighted by molar-refractivity contribution is 5.91. The first-order valence-corrected chi connectivity index (χ1v) is 6.38. The molecule has 0 heterocycles. The molecule has 0 amide bonds. The Bertz CT molecular complexity index is 620. The van der Waals surface area contributed by atoms with Crippen molar-refractivity contribution in [2.75, 3.05) is 0 Å². The highest BCUT2D eigenvalue weighted by atomic mass is 16.5. The summed E-state index contributed by atoms with van der Waals surface area (Å²) in [6.45, 7) is 2.07. The third-order valence-corrected chi connectivity index (χ3v) is 3.07. The van der Waals surface area contributed by atoms with E-state index >= 15 is 0 Å². The predicted molar refractivity (Wildman–Crippen MR) is 75.2 cm³/mol. The Morgan fingerprint density at radius 3 is 2.45 bits per heavy atom. The van der Waals surface area contributed by atoms with Crippen LogP contribution in [0.4, 0.5) is 0 Å². The highest BCUT2D eigenvalue weighted by Crippen LogP contribution is 2.27. The van der Waals surface area contributed by atoms with E-state index in [0.717, 1.165) is 5.56 Å². The van der Waals surface area contributed by atoms with Crippen LogP contribution < -0.4 is 4.74 Å². The molecule has 0 aliphatic rings. The van der Waals surface area contributed by atoms with Crippen molar-refractivity contribution in [3.63, 3.8) is 0 Å². The normalized spacial score (nSPS) is 10.2. The number of phenolic OH excluding ortho intramolecular Hbond substituents is 1. The van der Waals surface area contributed by atoms with Crippen LogP contribution in [0.1, 0.15) is 28.4 Å². The monoisotopic (exact) mass is 272 g/mol. The van der Waals surface area contributed by atoms with Gasteiger partial charge in [0.15, 0.2) is 0 Å². The molecule has 2 N–H and O–H groups in total.